The maximum atomic E-state index is 6.19. The number of halogens is 2. The van der Waals surface area contributed by atoms with Crippen LogP contribution in [0.15, 0.2) is 18.2 Å². The first kappa shape index (κ1) is 13.1. The highest BCUT2D eigenvalue weighted by Gasteiger charge is 2.31. The van der Waals surface area contributed by atoms with Crippen molar-refractivity contribution in [2.45, 2.75) is 25.5 Å². The van der Waals surface area contributed by atoms with Gasteiger partial charge in [-0.05, 0) is 37.1 Å². The van der Waals surface area contributed by atoms with E-state index < -0.39 is 0 Å². The van der Waals surface area contributed by atoms with Crippen molar-refractivity contribution in [2.75, 3.05) is 6.61 Å². The third kappa shape index (κ3) is 2.92. The lowest BCUT2D eigenvalue weighted by molar-refractivity contribution is 0.117. The first-order valence-electron chi connectivity index (χ1n) is 5.64. The van der Waals surface area contributed by atoms with Crippen molar-refractivity contribution in [2.24, 2.45) is 11.8 Å². The van der Waals surface area contributed by atoms with Gasteiger partial charge in [-0.3, -0.25) is 11.3 Å². The van der Waals surface area contributed by atoms with Crippen LogP contribution in [0.25, 0.3) is 0 Å². The minimum Gasteiger partial charge on any atom is -0.378 e. The highest BCUT2D eigenvalue weighted by Crippen LogP contribution is 2.35. The zero-order chi connectivity index (χ0) is 12.4. The van der Waals surface area contributed by atoms with E-state index in [4.69, 9.17) is 33.8 Å². The van der Waals surface area contributed by atoms with Crippen molar-refractivity contribution in [3.8, 4) is 0 Å². The Morgan fingerprint density at radius 3 is 2.82 bits per heavy atom. The summed E-state index contributed by atoms with van der Waals surface area (Å²) in [4.78, 5) is 0. The number of ether oxygens (including phenoxy) is 1. The summed E-state index contributed by atoms with van der Waals surface area (Å²) < 4.78 is 5.57. The third-order valence-electron chi connectivity index (χ3n) is 3.17. The van der Waals surface area contributed by atoms with E-state index in [1.165, 1.54) is 0 Å². The molecule has 3 unspecified atom stereocenters. The van der Waals surface area contributed by atoms with E-state index in [1.807, 2.05) is 6.07 Å². The van der Waals surface area contributed by atoms with Crippen LogP contribution in [0, 0.1) is 5.92 Å². The summed E-state index contributed by atoms with van der Waals surface area (Å²) in [6, 6.07) is 5.40. The summed E-state index contributed by atoms with van der Waals surface area (Å²) >= 11 is 12.2. The second kappa shape index (κ2) is 5.55. The maximum Gasteiger partial charge on any atom is 0.0551 e. The molecule has 94 valence electrons. The molecule has 3 atom stereocenters. The van der Waals surface area contributed by atoms with Gasteiger partial charge in [0.25, 0.3) is 0 Å². The number of nitrogens with one attached hydrogen (secondary N) is 1. The van der Waals surface area contributed by atoms with Gasteiger partial charge in [-0.2, -0.15) is 0 Å². The SMILES string of the molecule is CC1CC(C(NN)c2cc(Cl)ccc2Cl)CO1. The molecule has 1 aromatic rings. The zero-order valence-corrected chi connectivity index (χ0v) is 11.1. The van der Waals surface area contributed by atoms with Crippen molar-refractivity contribution < 1.29 is 4.74 Å². The van der Waals surface area contributed by atoms with Crippen LogP contribution in [-0.4, -0.2) is 12.7 Å². The molecule has 1 aliphatic rings. The van der Waals surface area contributed by atoms with Crippen LogP contribution in [0.1, 0.15) is 24.9 Å². The summed E-state index contributed by atoms with van der Waals surface area (Å²) in [5.41, 5.74) is 3.76. The standard InChI is InChI=1S/C12H16Cl2N2O/c1-7-4-8(6-17-7)12(16-15)10-5-9(13)2-3-11(10)14/h2-3,5,7-8,12,16H,4,6,15H2,1H3. The van der Waals surface area contributed by atoms with Gasteiger partial charge in [0.1, 0.15) is 0 Å². The van der Waals surface area contributed by atoms with Crippen LogP contribution in [0.3, 0.4) is 0 Å². The molecular formula is C12H16Cl2N2O. The molecule has 0 spiro atoms. The van der Waals surface area contributed by atoms with Crippen molar-refractivity contribution in [3.63, 3.8) is 0 Å². The Labute approximate surface area is 111 Å². The number of benzene rings is 1. The summed E-state index contributed by atoms with van der Waals surface area (Å²) in [5, 5.41) is 1.34. The summed E-state index contributed by atoms with van der Waals surface area (Å²) in [6.45, 7) is 2.76. The van der Waals surface area contributed by atoms with Gasteiger partial charge in [-0.1, -0.05) is 23.2 Å². The van der Waals surface area contributed by atoms with Gasteiger partial charge >= 0.3 is 0 Å². The maximum absolute atomic E-state index is 6.19. The monoisotopic (exact) mass is 274 g/mol. The molecule has 2 rings (SSSR count). The Bertz CT molecular complexity index is 400. The molecule has 3 N–H and O–H groups in total. The Kier molecular flexibility index (Phi) is 4.28. The van der Waals surface area contributed by atoms with Crippen LogP contribution < -0.4 is 11.3 Å². The van der Waals surface area contributed by atoms with Crippen LogP contribution >= 0.6 is 23.2 Å². The highest BCUT2D eigenvalue weighted by molar-refractivity contribution is 6.33. The fourth-order valence-corrected chi connectivity index (χ4v) is 2.73. The molecule has 0 amide bonds. The lowest BCUT2D eigenvalue weighted by atomic mass is 9.91. The number of hydrazine groups is 1. The largest absolute Gasteiger partial charge is 0.378 e. The van der Waals surface area contributed by atoms with Gasteiger partial charge in [-0.25, -0.2) is 0 Å². The van der Waals surface area contributed by atoms with Crippen LogP contribution in [-0.2, 0) is 4.74 Å². The van der Waals surface area contributed by atoms with Crippen molar-refractivity contribution in [3.05, 3.63) is 33.8 Å². The first-order chi connectivity index (χ1) is 8.11. The molecule has 1 aromatic carbocycles. The molecule has 3 nitrogen and oxygen atoms in total. The molecule has 0 radical (unpaired) electrons. The van der Waals surface area contributed by atoms with E-state index >= 15 is 0 Å². The van der Waals surface area contributed by atoms with Crippen LogP contribution in [0.4, 0.5) is 0 Å². The second-order valence-corrected chi connectivity index (χ2v) is 5.29. The van der Waals surface area contributed by atoms with Crippen molar-refractivity contribution in [1.29, 1.82) is 0 Å². The molecule has 1 aliphatic heterocycles. The van der Waals surface area contributed by atoms with Gasteiger partial charge in [0.05, 0.1) is 18.8 Å². The first-order valence-corrected chi connectivity index (χ1v) is 6.40. The van der Waals surface area contributed by atoms with Crippen molar-refractivity contribution >= 4 is 23.2 Å². The Morgan fingerprint density at radius 2 is 2.24 bits per heavy atom. The average Bonchev–Trinajstić information content (AvgIpc) is 2.71. The third-order valence-corrected chi connectivity index (χ3v) is 3.75. The summed E-state index contributed by atoms with van der Waals surface area (Å²) in [7, 11) is 0. The minimum atomic E-state index is -0.0221. The predicted octanol–water partition coefficient (Wildman–Crippen LogP) is 2.92. The minimum absolute atomic E-state index is 0.0221. The molecule has 17 heavy (non-hydrogen) atoms. The van der Waals surface area contributed by atoms with Gasteiger partial charge in [0, 0.05) is 16.0 Å². The normalized spacial score (nSPS) is 26.1. The molecule has 0 aliphatic carbocycles. The predicted molar refractivity (Wildman–Crippen MR) is 70.0 cm³/mol. The summed E-state index contributed by atoms with van der Waals surface area (Å²) in [6.07, 6.45) is 1.24. The molecule has 5 heteroatoms. The van der Waals surface area contributed by atoms with E-state index in [9.17, 15) is 0 Å². The number of rotatable bonds is 3. The smallest absolute Gasteiger partial charge is 0.0551 e. The van der Waals surface area contributed by atoms with E-state index in [1.54, 1.807) is 12.1 Å². The fraction of sp³-hybridized carbons (Fsp3) is 0.500. The Hall–Kier alpha value is -0.320. The fourth-order valence-electron chi connectivity index (χ4n) is 2.32. The van der Waals surface area contributed by atoms with E-state index in [2.05, 4.69) is 12.3 Å². The zero-order valence-electron chi connectivity index (χ0n) is 9.62. The second-order valence-electron chi connectivity index (χ2n) is 4.45. The molecule has 0 saturated carbocycles. The molecule has 1 heterocycles. The lowest BCUT2D eigenvalue weighted by Gasteiger charge is -2.23. The van der Waals surface area contributed by atoms with Crippen LogP contribution in [0.2, 0.25) is 10.0 Å². The van der Waals surface area contributed by atoms with Gasteiger partial charge < -0.3 is 4.74 Å². The van der Waals surface area contributed by atoms with Gasteiger partial charge in [-0.15, -0.1) is 0 Å². The molecule has 0 bridgehead atoms. The highest BCUT2D eigenvalue weighted by atomic mass is 35.5. The number of hydrogen-bond donors (Lipinski definition) is 2. The van der Waals surface area contributed by atoms with Gasteiger partial charge in [0.2, 0.25) is 0 Å². The Balaban J connectivity index is 2.25. The number of hydrogen-bond acceptors (Lipinski definition) is 3. The van der Waals surface area contributed by atoms with E-state index in [0.29, 0.717) is 22.6 Å². The molecular weight excluding hydrogens is 259 g/mol. The Morgan fingerprint density at radius 1 is 1.47 bits per heavy atom. The summed E-state index contributed by atoms with van der Waals surface area (Å²) in [5.74, 6) is 5.97. The van der Waals surface area contributed by atoms with Crippen LogP contribution in [0.5, 0.6) is 0 Å². The number of nitrogens with two attached hydrogens (primary N) is 1. The lowest BCUT2D eigenvalue weighted by Crippen LogP contribution is -2.34. The average molecular weight is 275 g/mol. The quantitative estimate of drug-likeness (QED) is 0.658. The van der Waals surface area contributed by atoms with Crippen molar-refractivity contribution in [1.82, 2.24) is 5.43 Å². The molecule has 0 aromatic heterocycles. The van der Waals surface area contributed by atoms with E-state index in [0.717, 1.165) is 12.0 Å². The van der Waals surface area contributed by atoms with E-state index in [-0.39, 0.29) is 12.1 Å². The topological polar surface area (TPSA) is 47.3 Å². The van der Waals surface area contributed by atoms with Gasteiger partial charge in [0.15, 0.2) is 0 Å². The molecule has 1 fully saturated rings. The molecule has 1 saturated heterocycles.